The Labute approximate surface area is 165 Å². The number of urea groups is 1. The van der Waals surface area contributed by atoms with Crippen LogP contribution in [0.1, 0.15) is 32.6 Å². The van der Waals surface area contributed by atoms with Gasteiger partial charge in [-0.1, -0.05) is 42.7 Å². The fourth-order valence-electron chi connectivity index (χ4n) is 3.89. The highest BCUT2D eigenvalue weighted by atomic mass is 35.5. The molecule has 0 bridgehead atoms. The summed E-state index contributed by atoms with van der Waals surface area (Å²) in [4.78, 5) is 43.0. The standard InChI is InChI=1S/C18H19ClN4O3S/c1-10-4-2-3-7-18(10)15(25)23(17(26)22-18)9-14(24)21-16-20-12-6-5-11(19)8-13(12)27-16/h5-6,8,10H,2-4,7,9H2,1H3,(H,22,26)(H,20,21,24)/t10-,18+/m0/s1. The maximum absolute atomic E-state index is 12.9. The van der Waals surface area contributed by atoms with Gasteiger partial charge in [0.15, 0.2) is 5.13 Å². The number of nitrogens with one attached hydrogen (secondary N) is 2. The van der Waals surface area contributed by atoms with Crippen molar-refractivity contribution < 1.29 is 14.4 Å². The van der Waals surface area contributed by atoms with E-state index in [1.54, 1.807) is 18.2 Å². The van der Waals surface area contributed by atoms with Gasteiger partial charge in [0.05, 0.1) is 10.2 Å². The van der Waals surface area contributed by atoms with Crippen molar-refractivity contribution in [3.8, 4) is 0 Å². The number of thiazole rings is 1. The van der Waals surface area contributed by atoms with Gasteiger partial charge in [-0.15, -0.1) is 0 Å². The van der Waals surface area contributed by atoms with Crippen molar-refractivity contribution in [2.24, 2.45) is 5.92 Å². The molecule has 1 aliphatic carbocycles. The Morgan fingerprint density at radius 3 is 3.04 bits per heavy atom. The van der Waals surface area contributed by atoms with Crippen LogP contribution in [0.4, 0.5) is 9.93 Å². The van der Waals surface area contributed by atoms with Crippen LogP contribution in [-0.2, 0) is 9.59 Å². The smallest absolute Gasteiger partial charge is 0.323 e. The molecule has 0 radical (unpaired) electrons. The maximum Gasteiger partial charge on any atom is 0.325 e. The van der Waals surface area contributed by atoms with Crippen LogP contribution in [0.3, 0.4) is 0 Å². The van der Waals surface area contributed by atoms with E-state index >= 15 is 0 Å². The fraction of sp³-hybridized carbons (Fsp3) is 0.444. The third-order valence-corrected chi connectivity index (χ3v) is 6.57. The van der Waals surface area contributed by atoms with E-state index in [9.17, 15) is 14.4 Å². The summed E-state index contributed by atoms with van der Waals surface area (Å²) in [5, 5.41) is 6.52. The van der Waals surface area contributed by atoms with Crippen LogP contribution in [0, 0.1) is 5.92 Å². The van der Waals surface area contributed by atoms with Gasteiger partial charge in [-0.25, -0.2) is 9.78 Å². The number of carbonyl (C=O) groups is 3. The number of rotatable bonds is 3. The molecule has 0 unspecified atom stereocenters. The Morgan fingerprint density at radius 2 is 2.26 bits per heavy atom. The topological polar surface area (TPSA) is 91.4 Å². The first-order chi connectivity index (χ1) is 12.9. The number of benzene rings is 1. The van der Waals surface area contributed by atoms with E-state index in [0.29, 0.717) is 16.6 Å². The lowest BCUT2D eigenvalue weighted by atomic mass is 9.73. The minimum Gasteiger partial charge on any atom is -0.323 e. The van der Waals surface area contributed by atoms with E-state index in [4.69, 9.17) is 11.6 Å². The van der Waals surface area contributed by atoms with Crippen molar-refractivity contribution in [3.05, 3.63) is 23.2 Å². The summed E-state index contributed by atoms with van der Waals surface area (Å²) < 4.78 is 0.850. The molecule has 1 aromatic carbocycles. The molecule has 1 aromatic heterocycles. The van der Waals surface area contributed by atoms with E-state index in [2.05, 4.69) is 15.6 Å². The van der Waals surface area contributed by atoms with Crippen molar-refractivity contribution in [3.63, 3.8) is 0 Å². The lowest BCUT2D eigenvalue weighted by Gasteiger charge is -2.36. The minimum atomic E-state index is -0.859. The summed E-state index contributed by atoms with van der Waals surface area (Å²) in [5.74, 6) is -0.695. The van der Waals surface area contributed by atoms with Crippen LogP contribution in [0.5, 0.6) is 0 Å². The van der Waals surface area contributed by atoms with Gasteiger partial charge in [0.2, 0.25) is 5.91 Å². The summed E-state index contributed by atoms with van der Waals surface area (Å²) in [6.07, 6.45) is 3.45. The fourth-order valence-corrected chi connectivity index (χ4v) is 5.05. The maximum atomic E-state index is 12.9. The second kappa shape index (κ2) is 6.76. The molecule has 9 heteroatoms. The normalized spacial score (nSPS) is 25.3. The monoisotopic (exact) mass is 406 g/mol. The number of amides is 4. The highest BCUT2D eigenvalue weighted by Crippen LogP contribution is 2.38. The van der Waals surface area contributed by atoms with Gasteiger partial charge in [0.1, 0.15) is 12.1 Å². The summed E-state index contributed by atoms with van der Waals surface area (Å²) in [7, 11) is 0. The van der Waals surface area contributed by atoms with Gasteiger partial charge in [-0.3, -0.25) is 14.5 Å². The number of anilines is 1. The molecule has 7 nitrogen and oxygen atoms in total. The van der Waals surface area contributed by atoms with E-state index in [0.717, 1.165) is 34.4 Å². The number of hydrogen-bond acceptors (Lipinski definition) is 5. The van der Waals surface area contributed by atoms with Crippen molar-refractivity contribution in [1.29, 1.82) is 0 Å². The number of halogens is 1. The Hall–Kier alpha value is -2.19. The first-order valence-corrected chi connectivity index (χ1v) is 10.1. The van der Waals surface area contributed by atoms with E-state index in [-0.39, 0.29) is 18.4 Å². The molecule has 2 heterocycles. The molecule has 1 saturated carbocycles. The van der Waals surface area contributed by atoms with E-state index in [1.807, 2.05) is 6.92 Å². The molecule has 2 atom stereocenters. The predicted octanol–water partition coefficient (Wildman–Crippen LogP) is 3.39. The van der Waals surface area contributed by atoms with Crippen LogP contribution in [0.2, 0.25) is 5.02 Å². The van der Waals surface area contributed by atoms with Crippen molar-refractivity contribution in [1.82, 2.24) is 15.2 Å². The summed E-state index contributed by atoms with van der Waals surface area (Å²) in [5.41, 5.74) is -0.132. The van der Waals surface area contributed by atoms with Crippen molar-refractivity contribution in [2.75, 3.05) is 11.9 Å². The number of hydrogen-bond donors (Lipinski definition) is 2. The Bertz CT molecular complexity index is 946. The Morgan fingerprint density at radius 1 is 1.44 bits per heavy atom. The number of imide groups is 1. The van der Waals surface area contributed by atoms with Gasteiger partial charge in [-0.2, -0.15) is 0 Å². The second-order valence-electron chi connectivity index (χ2n) is 7.12. The average Bonchev–Trinajstić information content (AvgIpc) is 3.11. The summed E-state index contributed by atoms with van der Waals surface area (Å²) in [6, 6.07) is 4.78. The van der Waals surface area contributed by atoms with Gasteiger partial charge in [-0.05, 0) is 37.0 Å². The molecular weight excluding hydrogens is 388 g/mol. The number of aromatic nitrogens is 1. The largest absolute Gasteiger partial charge is 0.325 e. The zero-order valence-electron chi connectivity index (χ0n) is 14.8. The number of nitrogens with zero attached hydrogens (tertiary/aromatic N) is 2. The highest BCUT2D eigenvalue weighted by Gasteiger charge is 2.55. The molecule has 142 valence electrons. The van der Waals surface area contributed by atoms with Crippen molar-refractivity contribution in [2.45, 2.75) is 38.1 Å². The first-order valence-electron chi connectivity index (χ1n) is 8.89. The molecule has 4 amide bonds. The Kier molecular flexibility index (Phi) is 4.55. The third kappa shape index (κ3) is 3.17. The van der Waals surface area contributed by atoms with Gasteiger partial charge in [0, 0.05) is 5.02 Å². The predicted molar refractivity (Wildman–Crippen MR) is 104 cm³/mol. The molecule has 1 spiro atoms. The van der Waals surface area contributed by atoms with Gasteiger partial charge < -0.3 is 10.6 Å². The van der Waals surface area contributed by atoms with E-state index < -0.39 is 17.5 Å². The molecular formula is C18H19ClN4O3S. The average molecular weight is 407 g/mol. The van der Waals surface area contributed by atoms with Crippen LogP contribution in [-0.4, -0.2) is 39.8 Å². The quantitative estimate of drug-likeness (QED) is 0.764. The minimum absolute atomic E-state index is 0.0600. The third-order valence-electron chi connectivity index (χ3n) is 5.40. The lowest BCUT2D eigenvalue weighted by Crippen LogP contribution is -2.54. The molecule has 1 saturated heterocycles. The zero-order valence-corrected chi connectivity index (χ0v) is 16.3. The number of fused-ring (bicyclic) bond motifs is 1. The van der Waals surface area contributed by atoms with Gasteiger partial charge in [0.25, 0.3) is 5.91 Å². The van der Waals surface area contributed by atoms with Crippen LogP contribution in [0.25, 0.3) is 10.2 Å². The molecule has 1 aliphatic heterocycles. The number of carbonyl (C=O) groups excluding carboxylic acids is 3. The molecule has 2 aliphatic rings. The Balaban J connectivity index is 1.47. The first kappa shape index (κ1) is 18.2. The molecule has 2 aromatic rings. The van der Waals surface area contributed by atoms with Crippen LogP contribution < -0.4 is 10.6 Å². The molecule has 2 fully saturated rings. The van der Waals surface area contributed by atoms with Crippen LogP contribution in [0.15, 0.2) is 18.2 Å². The molecule has 4 rings (SSSR count). The van der Waals surface area contributed by atoms with Crippen LogP contribution >= 0.6 is 22.9 Å². The lowest BCUT2D eigenvalue weighted by molar-refractivity contribution is -0.136. The summed E-state index contributed by atoms with van der Waals surface area (Å²) >= 11 is 7.25. The molecule has 2 N–H and O–H groups in total. The summed E-state index contributed by atoms with van der Waals surface area (Å²) in [6.45, 7) is 1.66. The zero-order chi connectivity index (χ0) is 19.2. The van der Waals surface area contributed by atoms with Crippen molar-refractivity contribution >= 4 is 56.1 Å². The van der Waals surface area contributed by atoms with E-state index in [1.165, 1.54) is 11.3 Å². The van der Waals surface area contributed by atoms with Gasteiger partial charge >= 0.3 is 6.03 Å². The second-order valence-corrected chi connectivity index (χ2v) is 8.59. The SMILES string of the molecule is C[C@H]1CCCC[C@@]12NC(=O)N(CC(=O)Nc1nc3ccc(Cl)cc3s1)C2=O. The highest BCUT2D eigenvalue weighted by molar-refractivity contribution is 7.22. The molecule has 27 heavy (non-hydrogen) atoms.